The summed E-state index contributed by atoms with van der Waals surface area (Å²) in [5, 5.41) is 11.4. The van der Waals surface area contributed by atoms with Gasteiger partial charge in [-0.2, -0.15) is 4.72 Å². The molecule has 0 bridgehead atoms. The number of nitrogens with one attached hydrogen (secondary N) is 1. The number of nitrogens with zero attached hydrogens (tertiary/aromatic N) is 1. The number of carbonyl (C=O) groups is 1. The minimum atomic E-state index is -4.63. The first kappa shape index (κ1) is 26.9. The van der Waals surface area contributed by atoms with E-state index < -0.39 is 43.1 Å². The molecule has 2 atom stereocenters. The summed E-state index contributed by atoms with van der Waals surface area (Å²) >= 11 is 3.30. The quantitative estimate of drug-likeness (QED) is 0.167. The summed E-state index contributed by atoms with van der Waals surface area (Å²) < 4.78 is 40.7. The molecule has 0 unspecified atom stereocenters. The molecule has 0 aliphatic heterocycles. The molecule has 3 aromatic carbocycles. The van der Waals surface area contributed by atoms with Crippen LogP contribution in [0, 0.1) is 22.5 Å². The molecule has 0 fully saturated rings. The molecule has 0 saturated heterocycles. The second-order valence-electron chi connectivity index (χ2n) is 7.68. The molecule has 0 aromatic heterocycles. The molecule has 1 N–H and O–H groups in total. The van der Waals surface area contributed by atoms with Gasteiger partial charge in [-0.3, -0.25) is 14.9 Å². The Hall–Kier alpha value is -3.72. The summed E-state index contributed by atoms with van der Waals surface area (Å²) in [6, 6.07) is 18.2. The molecule has 0 heterocycles. The van der Waals surface area contributed by atoms with E-state index in [1.54, 1.807) is 54.6 Å². The van der Waals surface area contributed by atoms with Crippen LogP contribution in [0.3, 0.4) is 0 Å². The summed E-state index contributed by atoms with van der Waals surface area (Å²) in [5.41, 5.74) is -1.89. The van der Waals surface area contributed by atoms with E-state index in [2.05, 4.69) is 26.6 Å². The van der Waals surface area contributed by atoms with Crippen LogP contribution in [-0.4, -0.2) is 31.0 Å². The lowest BCUT2D eigenvalue weighted by atomic mass is 9.97. The average Bonchev–Trinajstić information content (AvgIpc) is 2.87. The van der Waals surface area contributed by atoms with Gasteiger partial charge in [-0.15, -0.1) is 6.42 Å². The number of carbonyl (C=O) groups excluding carboxylic acids is 1. The lowest BCUT2D eigenvalue weighted by Crippen LogP contribution is -2.58. The van der Waals surface area contributed by atoms with Crippen molar-refractivity contribution < 1.29 is 27.6 Å². The standard InChI is InChI=1S/C25H21BrN2O7S/c1-3-25(2,35-20-15-13-19(26)14-16-20)23(24(29)34-17-18-9-5-4-6-10-18)27-36(32,33)22-12-8-7-11-21(22)28(30)31/h1,4-16,23,27H,17H2,2H3/t23-,25-/m1/s1. The molecule has 0 radical (unpaired) electrons. The van der Waals surface area contributed by atoms with Crippen molar-refractivity contribution >= 4 is 37.6 Å². The van der Waals surface area contributed by atoms with Crippen molar-refractivity contribution in [2.24, 2.45) is 0 Å². The van der Waals surface area contributed by atoms with E-state index in [-0.39, 0.29) is 12.4 Å². The fraction of sp³-hybridized carbons (Fsp3) is 0.160. The van der Waals surface area contributed by atoms with Gasteiger partial charge in [0.2, 0.25) is 10.0 Å². The maximum absolute atomic E-state index is 13.3. The summed E-state index contributed by atoms with van der Waals surface area (Å²) in [7, 11) is -4.63. The van der Waals surface area contributed by atoms with Crippen molar-refractivity contribution in [2.45, 2.75) is 30.1 Å². The van der Waals surface area contributed by atoms with E-state index in [9.17, 15) is 23.3 Å². The molecule has 0 spiro atoms. The molecule has 3 aromatic rings. The molecule has 9 nitrogen and oxygen atoms in total. The number of benzene rings is 3. The van der Waals surface area contributed by atoms with E-state index in [1.165, 1.54) is 19.1 Å². The van der Waals surface area contributed by atoms with Crippen LogP contribution in [0.5, 0.6) is 5.75 Å². The average molecular weight is 573 g/mol. The highest BCUT2D eigenvalue weighted by Gasteiger charge is 2.45. The number of terminal acetylenes is 1. The molecular weight excluding hydrogens is 552 g/mol. The van der Waals surface area contributed by atoms with E-state index in [4.69, 9.17) is 15.9 Å². The maximum Gasteiger partial charge on any atom is 0.329 e. The molecule has 0 aliphatic rings. The SMILES string of the molecule is C#C[C@@](C)(Oc1ccc(Br)cc1)[C@H](NS(=O)(=O)c1ccccc1[N+](=O)[O-])C(=O)OCc1ccccc1. The van der Waals surface area contributed by atoms with Gasteiger partial charge in [-0.25, -0.2) is 8.42 Å². The number of nitro benzene ring substituents is 1. The van der Waals surface area contributed by atoms with Crippen LogP contribution in [0.2, 0.25) is 0 Å². The van der Waals surface area contributed by atoms with Gasteiger partial charge in [0.05, 0.1) is 4.92 Å². The molecule has 11 heteroatoms. The zero-order valence-electron chi connectivity index (χ0n) is 19.0. The highest BCUT2D eigenvalue weighted by atomic mass is 79.9. The highest BCUT2D eigenvalue weighted by molar-refractivity contribution is 9.10. The zero-order chi connectivity index (χ0) is 26.3. The number of hydrogen-bond donors (Lipinski definition) is 1. The van der Waals surface area contributed by atoms with Gasteiger partial charge in [0.25, 0.3) is 5.69 Å². The summed E-state index contributed by atoms with van der Waals surface area (Å²) in [6.45, 7) is 1.17. The van der Waals surface area contributed by atoms with Crippen molar-refractivity contribution in [1.29, 1.82) is 0 Å². The monoisotopic (exact) mass is 572 g/mol. The Morgan fingerprint density at radius 2 is 1.72 bits per heavy atom. The molecule has 0 amide bonds. The molecule has 0 aliphatic carbocycles. The first-order valence-electron chi connectivity index (χ1n) is 10.4. The van der Waals surface area contributed by atoms with Gasteiger partial charge in [-0.05, 0) is 42.8 Å². The Bertz CT molecular complexity index is 1390. The zero-order valence-corrected chi connectivity index (χ0v) is 21.4. The van der Waals surface area contributed by atoms with Gasteiger partial charge >= 0.3 is 5.97 Å². The van der Waals surface area contributed by atoms with E-state index in [0.29, 0.717) is 5.56 Å². The van der Waals surface area contributed by atoms with Crippen LogP contribution in [0.15, 0.2) is 88.2 Å². The van der Waals surface area contributed by atoms with E-state index in [1.807, 2.05) is 0 Å². The largest absolute Gasteiger partial charge is 0.473 e. The Labute approximate surface area is 216 Å². The minimum Gasteiger partial charge on any atom is -0.473 e. The number of para-hydroxylation sites is 1. The summed E-state index contributed by atoms with van der Waals surface area (Å²) in [5.74, 6) is 1.56. The van der Waals surface area contributed by atoms with Gasteiger partial charge in [-0.1, -0.05) is 64.3 Å². The number of esters is 1. The highest BCUT2D eigenvalue weighted by Crippen LogP contribution is 2.27. The van der Waals surface area contributed by atoms with Crippen LogP contribution in [0.25, 0.3) is 0 Å². The summed E-state index contributed by atoms with van der Waals surface area (Å²) in [6.07, 6.45) is 5.73. The smallest absolute Gasteiger partial charge is 0.329 e. The lowest BCUT2D eigenvalue weighted by molar-refractivity contribution is -0.387. The Morgan fingerprint density at radius 3 is 2.33 bits per heavy atom. The lowest BCUT2D eigenvalue weighted by Gasteiger charge is -2.32. The van der Waals surface area contributed by atoms with Gasteiger partial charge in [0.1, 0.15) is 12.4 Å². The van der Waals surface area contributed by atoms with Crippen molar-refractivity contribution in [3.05, 3.63) is 99.0 Å². The third-order valence-electron chi connectivity index (χ3n) is 5.07. The van der Waals surface area contributed by atoms with Gasteiger partial charge < -0.3 is 9.47 Å². The predicted octanol–water partition coefficient (Wildman–Crippen LogP) is 4.22. The van der Waals surface area contributed by atoms with Gasteiger partial charge in [0.15, 0.2) is 16.5 Å². The molecule has 186 valence electrons. The first-order valence-corrected chi connectivity index (χ1v) is 12.7. The number of nitro groups is 1. The number of ether oxygens (including phenoxy) is 2. The third kappa shape index (κ3) is 6.48. The fourth-order valence-corrected chi connectivity index (χ4v) is 4.87. The Kier molecular flexibility index (Phi) is 8.47. The number of sulfonamides is 1. The van der Waals surface area contributed by atoms with Crippen LogP contribution in [-0.2, 0) is 26.2 Å². The summed E-state index contributed by atoms with van der Waals surface area (Å²) in [4.78, 5) is 23.2. The second kappa shape index (κ2) is 11.3. The topological polar surface area (TPSA) is 125 Å². The first-order chi connectivity index (χ1) is 17.1. The van der Waals surface area contributed by atoms with Crippen LogP contribution in [0.1, 0.15) is 12.5 Å². The molecular formula is C25H21BrN2O7S. The van der Waals surface area contributed by atoms with Gasteiger partial charge in [0, 0.05) is 10.5 Å². The van der Waals surface area contributed by atoms with E-state index in [0.717, 1.165) is 16.6 Å². The van der Waals surface area contributed by atoms with Crippen molar-refractivity contribution in [3.63, 3.8) is 0 Å². The fourth-order valence-electron chi connectivity index (χ4n) is 3.17. The maximum atomic E-state index is 13.3. The van der Waals surface area contributed by atoms with Crippen LogP contribution in [0.4, 0.5) is 5.69 Å². The van der Waals surface area contributed by atoms with Crippen LogP contribution >= 0.6 is 15.9 Å². The molecule has 36 heavy (non-hydrogen) atoms. The molecule has 0 saturated carbocycles. The molecule has 3 rings (SSSR count). The second-order valence-corrected chi connectivity index (χ2v) is 10.3. The minimum absolute atomic E-state index is 0.164. The van der Waals surface area contributed by atoms with Crippen molar-refractivity contribution in [3.8, 4) is 18.1 Å². The Morgan fingerprint density at radius 1 is 1.11 bits per heavy atom. The van der Waals surface area contributed by atoms with Crippen LogP contribution < -0.4 is 9.46 Å². The Balaban J connectivity index is 2.00. The number of halogens is 1. The number of rotatable bonds is 10. The van der Waals surface area contributed by atoms with E-state index >= 15 is 0 Å². The predicted molar refractivity (Wildman–Crippen MR) is 135 cm³/mol. The van der Waals surface area contributed by atoms with Crippen molar-refractivity contribution in [1.82, 2.24) is 4.72 Å². The normalized spacial score (nSPS) is 13.6. The number of hydrogen-bond acceptors (Lipinski definition) is 7. The van der Waals surface area contributed by atoms with Crippen molar-refractivity contribution in [2.75, 3.05) is 0 Å². The third-order valence-corrected chi connectivity index (χ3v) is 7.06.